The van der Waals surface area contributed by atoms with E-state index in [-0.39, 0.29) is 27.9 Å². The maximum atomic E-state index is 12.3. The van der Waals surface area contributed by atoms with Crippen LogP contribution in [0.4, 0.5) is 5.69 Å². The zero-order valence-electron chi connectivity index (χ0n) is 15.6. The quantitative estimate of drug-likeness (QED) is 0.305. The molecule has 1 heterocycles. The van der Waals surface area contributed by atoms with E-state index in [4.69, 9.17) is 30.5 Å². The van der Waals surface area contributed by atoms with E-state index in [9.17, 15) is 14.9 Å². The monoisotopic (exact) mass is 418 g/mol. The van der Waals surface area contributed by atoms with E-state index in [1.165, 1.54) is 45.6 Å². The molecule has 0 unspecified atom stereocenters. The number of carbonyl (C=O) groups is 1. The highest BCUT2D eigenvalue weighted by molar-refractivity contribution is 6.34. The van der Waals surface area contributed by atoms with Gasteiger partial charge in [-0.3, -0.25) is 10.1 Å². The van der Waals surface area contributed by atoms with Crippen molar-refractivity contribution in [3.05, 3.63) is 62.3 Å². The number of nitro groups is 1. The third-order valence-electron chi connectivity index (χ3n) is 4.04. The molecule has 1 aliphatic rings. The summed E-state index contributed by atoms with van der Waals surface area (Å²) in [6, 6.07) is 7.08. The van der Waals surface area contributed by atoms with Gasteiger partial charge in [0.2, 0.25) is 11.6 Å². The van der Waals surface area contributed by atoms with Crippen LogP contribution >= 0.6 is 11.6 Å². The van der Waals surface area contributed by atoms with Crippen LogP contribution in [0.15, 0.2) is 41.0 Å². The number of non-ortho nitro benzene ring substituents is 1. The van der Waals surface area contributed by atoms with Crippen LogP contribution in [0.25, 0.3) is 6.08 Å². The minimum absolute atomic E-state index is 0.0342. The SMILES string of the molecule is COc1ccc(/C=C2\N=C(c3cc([N+](=O)[O-])ccc3Cl)OC2=O)c(OC)c1OC. The van der Waals surface area contributed by atoms with Gasteiger partial charge in [-0.25, -0.2) is 9.79 Å². The Balaban J connectivity index is 2.07. The Morgan fingerprint density at radius 2 is 1.83 bits per heavy atom. The van der Waals surface area contributed by atoms with Crippen LogP contribution in [-0.4, -0.2) is 38.1 Å². The number of nitro benzene ring substituents is 1. The molecule has 2 aromatic carbocycles. The van der Waals surface area contributed by atoms with E-state index >= 15 is 0 Å². The Kier molecular flexibility index (Phi) is 5.69. The van der Waals surface area contributed by atoms with E-state index in [2.05, 4.69) is 4.99 Å². The molecule has 150 valence electrons. The lowest BCUT2D eigenvalue weighted by Gasteiger charge is -2.14. The largest absolute Gasteiger partial charge is 0.493 e. The smallest absolute Gasteiger partial charge is 0.363 e. The molecule has 29 heavy (non-hydrogen) atoms. The summed E-state index contributed by atoms with van der Waals surface area (Å²) >= 11 is 6.09. The van der Waals surface area contributed by atoms with Crippen molar-refractivity contribution in [2.45, 2.75) is 0 Å². The fourth-order valence-electron chi connectivity index (χ4n) is 2.70. The fourth-order valence-corrected chi connectivity index (χ4v) is 2.90. The molecule has 0 saturated heterocycles. The lowest BCUT2D eigenvalue weighted by Crippen LogP contribution is -2.06. The van der Waals surface area contributed by atoms with Gasteiger partial charge < -0.3 is 18.9 Å². The van der Waals surface area contributed by atoms with Gasteiger partial charge in [0.25, 0.3) is 5.69 Å². The number of methoxy groups -OCH3 is 3. The van der Waals surface area contributed by atoms with Gasteiger partial charge >= 0.3 is 5.97 Å². The summed E-state index contributed by atoms with van der Waals surface area (Å²) < 4.78 is 21.1. The summed E-state index contributed by atoms with van der Waals surface area (Å²) in [5.41, 5.74) is 0.388. The Morgan fingerprint density at radius 3 is 2.45 bits per heavy atom. The van der Waals surface area contributed by atoms with Gasteiger partial charge in [0.1, 0.15) is 0 Å². The third-order valence-corrected chi connectivity index (χ3v) is 4.37. The standard InChI is InChI=1S/C19H15ClN2O7/c1-26-15-7-4-10(16(27-2)17(15)28-3)8-14-19(23)29-18(21-14)12-9-11(22(24)25)5-6-13(12)20/h4-9H,1-3H3/b14-8-. The van der Waals surface area contributed by atoms with Gasteiger partial charge in [-0.1, -0.05) is 11.6 Å². The predicted octanol–water partition coefficient (Wildman–Crippen LogP) is 3.62. The number of rotatable bonds is 6. The molecule has 10 heteroatoms. The number of halogens is 1. The number of benzene rings is 2. The van der Waals surface area contributed by atoms with E-state index in [1.54, 1.807) is 12.1 Å². The number of hydrogen-bond acceptors (Lipinski definition) is 8. The minimum atomic E-state index is -0.737. The Hall–Kier alpha value is -3.59. The van der Waals surface area contributed by atoms with Crippen LogP contribution < -0.4 is 14.2 Å². The van der Waals surface area contributed by atoms with Crippen molar-refractivity contribution in [2.75, 3.05) is 21.3 Å². The summed E-state index contributed by atoms with van der Waals surface area (Å²) in [7, 11) is 4.40. The Labute approximate surface area is 170 Å². The highest BCUT2D eigenvalue weighted by Gasteiger charge is 2.28. The van der Waals surface area contributed by atoms with E-state index in [1.807, 2.05) is 0 Å². The van der Waals surface area contributed by atoms with Crippen molar-refractivity contribution in [2.24, 2.45) is 4.99 Å². The topological polar surface area (TPSA) is 109 Å². The second-order valence-electron chi connectivity index (χ2n) is 5.68. The average Bonchev–Trinajstić information content (AvgIpc) is 3.07. The summed E-state index contributed by atoms with van der Waals surface area (Å²) in [5.74, 6) is 0.271. The number of nitrogens with zero attached hydrogens (tertiary/aromatic N) is 2. The molecule has 0 aromatic heterocycles. The van der Waals surface area contributed by atoms with Gasteiger partial charge in [-0.05, 0) is 24.3 Å². The molecule has 9 nitrogen and oxygen atoms in total. The molecule has 0 spiro atoms. The van der Waals surface area contributed by atoms with Crippen molar-refractivity contribution in [1.29, 1.82) is 0 Å². The van der Waals surface area contributed by atoms with Gasteiger partial charge in [0.15, 0.2) is 17.2 Å². The van der Waals surface area contributed by atoms with Crippen LogP contribution in [0.2, 0.25) is 5.02 Å². The van der Waals surface area contributed by atoms with Crippen molar-refractivity contribution in [3.63, 3.8) is 0 Å². The van der Waals surface area contributed by atoms with Crippen molar-refractivity contribution in [1.82, 2.24) is 0 Å². The zero-order valence-corrected chi connectivity index (χ0v) is 16.4. The van der Waals surface area contributed by atoms with Crippen LogP contribution in [0.5, 0.6) is 17.2 Å². The molecule has 0 amide bonds. The molecule has 2 aromatic rings. The predicted molar refractivity (Wildman–Crippen MR) is 105 cm³/mol. The van der Waals surface area contributed by atoms with Crippen LogP contribution in [-0.2, 0) is 9.53 Å². The second kappa shape index (κ2) is 8.19. The van der Waals surface area contributed by atoms with Crippen LogP contribution in [0.1, 0.15) is 11.1 Å². The van der Waals surface area contributed by atoms with Crippen molar-refractivity contribution < 1.29 is 28.7 Å². The number of carbonyl (C=O) groups excluding carboxylic acids is 1. The molecular weight excluding hydrogens is 404 g/mol. The molecule has 0 aliphatic carbocycles. The molecule has 0 saturated carbocycles. The van der Waals surface area contributed by atoms with Gasteiger partial charge in [0, 0.05) is 17.7 Å². The van der Waals surface area contributed by atoms with E-state index < -0.39 is 10.9 Å². The first-order valence-corrected chi connectivity index (χ1v) is 8.53. The third kappa shape index (κ3) is 3.85. The first-order chi connectivity index (χ1) is 13.9. The minimum Gasteiger partial charge on any atom is -0.493 e. The normalized spacial score (nSPS) is 14.4. The summed E-state index contributed by atoms with van der Waals surface area (Å²) in [4.78, 5) is 26.9. The summed E-state index contributed by atoms with van der Waals surface area (Å²) in [6.07, 6.45) is 1.45. The molecule has 0 fully saturated rings. The van der Waals surface area contributed by atoms with E-state index in [0.29, 0.717) is 22.8 Å². The molecule has 0 radical (unpaired) electrons. The van der Waals surface area contributed by atoms with E-state index in [0.717, 1.165) is 0 Å². The lowest BCUT2D eigenvalue weighted by atomic mass is 10.1. The molecule has 0 N–H and O–H groups in total. The number of hydrogen-bond donors (Lipinski definition) is 0. The van der Waals surface area contributed by atoms with Crippen LogP contribution in [0, 0.1) is 10.1 Å². The maximum Gasteiger partial charge on any atom is 0.363 e. The highest BCUT2D eigenvalue weighted by atomic mass is 35.5. The highest BCUT2D eigenvalue weighted by Crippen LogP contribution is 2.41. The molecular formula is C19H15ClN2O7. The second-order valence-corrected chi connectivity index (χ2v) is 6.09. The number of esters is 1. The first kappa shape index (κ1) is 20.2. The Morgan fingerprint density at radius 1 is 1.10 bits per heavy atom. The average molecular weight is 419 g/mol. The summed E-state index contributed by atoms with van der Waals surface area (Å²) in [6.45, 7) is 0. The number of cyclic esters (lactones) is 1. The zero-order chi connectivity index (χ0) is 21.1. The van der Waals surface area contributed by atoms with Crippen molar-refractivity contribution >= 4 is 35.2 Å². The molecule has 0 atom stereocenters. The Bertz CT molecular complexity index is 1060. The first-order valence-electron chi connectivity index (χ1n) is 8.15. The lowest BCUT2D eigenvalue weighted by molar-refractivity contribution is -0.384. The van der Waals surface area contributed by atoms with Gasteiger partial charge in [-0.2, -0.15) is 0 Å². The molecule has 1 aliphatic heterocycles. The summed E-state index contributed by atoms with van der Waals surface area (Å²) in [5, 5.41) is 11.2. The number of aliphatic imine (C=N–C) groups is 1. The van der Waals surface area contributed by atoms with Crippen LogP contribution in [0.3, 0.4) is 0 Å². The maximum absolute atomic E-state index is 12.3. The fraction of sp³-hybridized carbons (Fsp3) is 0.158. The van der Waals surface area contributed by atoms with Gasteiger partial charge in [-0.15, -0.1) is 0 Å². The number of ether oxygens (including phenoxy) is 4. The van der Waals surface area contributed by atoms with Gasteiger partial charge in [0.05, 0.1) is 36.8 Å². The van der Waals surface area contributed by atoms with Crippen molar-refractivity contribution in [3.8, 4) is 17.2 Å². The molecule has 0 bridgehead atoms. The molecule has 3 rings (SSSR count).